The molecule has 0 fully saturated rings. The molecule has 1 atom stereocenters. The topological polar surface area (TPSA) is 35.5 Å². The van der Waals surface area contributed by atoms with Crippen molar-refractivity contribution in [1.29, 1.82) is 0 Å². The summed E-state index contributed by atoms with van der Waals surface area (Å²) in [7, 11) is 0. The van der Waals surface area contributed by atoms with Crippen LogP contribution in [0.1, 0.15) is 40.5 Å². The highest BCUT2D eigenvalue weighted by Gasteiger charge is 2.15. The average molecular weight is 216 g/mol. The first-order chi connectivity index (χ1) is 7.05. The fourth-order valence-corrected chi connectivity index (χ4v) is 1.45. The lowest BCUT2D eigenvalue weighted by molar-refractivity contribution is 0.0558. The molecule has 0 aromatic carbocycles. The zero-order valence-corrected chi connectivity index (χ0v) is 10.8. The van der Waals surface area contributed by atoms with E-state index in [0.29, 0.717) is 6.54 Å². The van der Waals surface area contributed by atoms with Gasteiger partial charge in [-0.25, -0.2) is 0 Å². The van der Waals surface area contributed by atoms with Gasteiger partial charge >= 0.3 is 0 Å². The highest BCUT2D eigenvalue weighted by atomic mass is 16.3. The molecule has 92 valence electrons. The Kier molecular flexibility index (Phi) is 8.02. The molecule has 0 aliphatic heterocycles. The van der Waals surface area contributed by atoms with Crippen LogP contribution in [0.2, 0.25) is 0 Å². The van der Waals surface area contributed by atoms with Gasteiger partial charge < -0.3 is 15.3 Å². The van der Waals surface area contributed by atoms with Gasteiger partial charge in [0.25, 0.3) is 0 Å². The van der Waals surface area contributed by atoms with Gasteiger partial charge in [-0.05, 0) is 45.9 Å². The number of nitrogens with one attached hydrogen (secondary N) is 1. The Morgan fingerprint density at radius 1 is 1.20 bits per heavy atom. The van der Waals surface area contributed by atoms with E-state index in [2.05, 4.69) is 24.1 Å². The minimum absolute atomic E-state index is 0.546. The second-order valence-corrected chi connectivity index (χ2v) is 4.41. The lowest BCUT2D eigenvalue weighted by atomic mass is 10.0. The molecule has 1 unspecified atom stereocenters. The van der Waals surface area contributed by atoms with Gasteiger partial charge in [0, 0.05) is 6.54 Å². The van der Waals surface area contributed by atoms with Gasteiger partial charge in [-0.3, -0.25) is 0 Å². The predicted molar refractivity (Wildman–Crippen MR) is 66.2 cm³/mol. The maximum Gasteiger partial charge on any atom is 0.0740 e. The monoisotopic (exact) mass is 216 g/mol. The van der Waals surface area contributed by atoms with Crippen LogP contribution in [0, 0.1) is 0 Å². The van der Waals surface area contributed by atoms with Crippen molar-refractivity contribution < 1.29 is 5.11 Å². The van der Waals surface area contributed by atoms with Crippen molar-refractivity contribution in [1.82, 2.24) is 10.2 Å². The summed E-state index contributed by atoms with van der Waals surface area (Å²) in [5.41, 5.74) is -0.546. The van der Waals surface area contributed by atoms with E-state index in [4.69, 9.17) is 0 Å². The first kappa shape index (κ1) is 14.9. The molecule has 15 heavy (non-hydrogen) atoms. The van der Waals surface area contributed by atoms with E-state index in [1.807, 2.05) is 13.8 Å². The van der Waals surface area contributed by atoms with Gasteiger partial charge in [-0.1, -0.05) is 20.8 Å². The zero-order chi connectivity index (χ0) is 11.7. The lowest BCUT2D eigenvalue weighted by Crippen LogP contribution is -2.38. The van der Waals surface area contributed by atoms with Crippen molar-refractivity contribution in [3.63, 3.8) is 0 Å². The van der Waals surface area contributed by atoms with Crippen LogP contribution < -0.4 is 5.32 Å². The molecule has 0 saturated carbocycles. The van der Waals surface area contributed by atoms with Crippen LogP contribution in [0.3, 0.4) is 0 Å². The van der Waals surface area contributed by atoms with Crippen molar-refractivity contribution in [2.45, 2.75) is 46.1 Å². The smallest absolute Gasteiger partial charge is 0.0740 e. The Morgan fingerprint density at radius 2 is 1.80 bits per heavy atom. The minimum atomic E-state index is -0.546. The lowest BCUT2D eigenvalue weighted by Gasteiger charge is -2.22. The quantitative estimate of drug-likeness (QED) is 0.573. The van der Waals surface area contributed by atoms with Crippen LogP contribution in [0.5, 0.6) is 0 Å². The van der Waals surface area contributed by atoms with E-state index in [-0.39, 0.29) is 0 Å². The van der Waals surface area contributed by atoms with Crippen LogP contribution in [0.15, 0.2) is 0 Å². The van der Waals surface area contributed by atoms with Crippen LogP contribution in [0.4, 0.5) is 0 Å². The predicted octanol–water partition coefficient (Wildman–Crippen LogP) is 1.47. The molecule has 0 amide bonds. The van der Waals surface area contributed by atoms with Crippen molar-refractivity contribution in [2.24, 2.45) is 0 Å². The van der Waals surface area contributed by atoms with Gasteiger partial charge in [0.1, 0.15) is 0 Å². The standard InChI is InChI=1S/C12H28N2O/c1-5-12(4,15)11-13-9-8-10-14(6-2)7-3/h13,15H,5-11H2,1-4H3. The van der Waals surface area contributed by atoms with E-state index < -0.39 is 5.60 Å². The second kappa shape index (κ2) is 8.08. The molecule has 0 aliphatic rings. The summed E-state index contributed by atoms with van der Waals surface area (Å²) >= 11 is 0. The summed E-state index contributed by atoms with van der Waals surface area (Å²) in [6, 6.07) is 0. The fourth-order valence-electron chi connectivity index (χ4n) is 1.45. The Labute approximate surface area is 94.9 Å². The third-order valence-electron chi connectivity index (χ3n) is 2.99. The van der Waals surface area contributed by atoms with Crippen molar-refractivity contribution in [2.75, 3.05) is 32.7 Å². The molecule has 0 rings (SSSR count). The molecule has 0 bridgehead atoms. The molecular formula is C12H28N2O. The molecule has 0 aromatic heterocycles. The first-order valence-corrected chi connectivity index (χ1v) is 6.21. The van der Waals surface area contributed by atoms with Crippen molar-refractivity contribution in [3.05, 3.63) is 0 Å². The Bertz CT molecular complexity index is 145. The van der Waals surface area contributed by atoms with Crippen molar-refractivity contribution in [3.8, 4) is 0 Å². The van der Waals surface area contributed by atoms with Gasteiger partial charge in [0.2, 0.25) is 0 Å². The molecule has 3 heteroatoms. The highest BCUT2D eigenvalue weighted by Crippen LogP contribution is 2.05. The summed E-state index contributed by atoms with van der Waals surface area (Å²) in [5.74, 6) is 0. The largest absolute Gasteiger partial charge is 0.389 e. The van der Waals surface area contributed by atoms with Gasteiger partial charge in [0.15, 0.2) is 0 Å². The molecule has 0 spiro atoms. The van der Waals surface area contributed by atoms with Crippen LogP contribution in [-0.2, 0) is 0 Å². The van der Waals surface area contributed by atoms with Crippen LogP contribution in [-0.4, -0.2) is 48.3 Å². The molecule has 0 aromatic rings. The molecule has 0 radical (unpaired) electrons. The SMILES string of the molecule is CCN(CC)CCCNCC(C)(O)CC. The first-order valence-electron chi connectivity index (χ1n) is 6.21. The maximum absolute atomic E-state index is 9.75. The molecule has 3 nitrogen and oxygen atoms in total. The van der Waals surface area contributed by atoms with Gasteiger partial charge in [-0.2, -0.15) is 0 Å². The van der Waals surface area contributed by atoms with Gasteiger partial charge in [-0.15, -0.1) is 0 Å². The van der Waals surface area contributed by atoms with Crippen molar-refractivity contribution >= 4 is 0 Å². The Balaban J connectivity index is 3.39. The van der Waals surface area contributed by atoms with Gasteiger partial charge in [0.05, 0.1) is 5.60 Å². The number of hydrogen-bond donors (Lipinski definition) is 2. The Morgan fingerprint density at radius 3 is 2.27 bits per heavy atom. The van der Waals surface area contributed by atoms with E-state index in [1.54, 1.807) is 0 Å². The molecule has 2 N–H and O–H groups in total. The van der Waals surface area contributed by atoms with E-state index >= 15 is 0 Å². The Hall–Kier alpha value is -0.120. The molecule has 0 saturated heterocycles. The summed E-state index contributed by atoms with van der Waals surface area (Å²) < 4.78 is 0. The number of hydrogen-bond acceptors (Lipinski definition) is 3. The van der Waals surface area contributed by atoms with Crippen LogP contribution in [0.25, 0.3) is 0 Å². The van der Waals surface area contributed by atoms with Crippen LogP contribution >= 0.6 is 0 Å². The number of rotatable bonds is 9. The highest BCUT2D eigenvalue weighted by molar-refractivity contribution is 4.73. The van der Waals surface area contributed by atoms with E-state index in [0.717, 1.165) is 39.0 Å². The summed E-state index contributed by atoms with van der Waals surface area (Å²) in [6.45, 7) is 13.4. The summed E-state index contributed by atoms with van der Waals surface area (Å²) in [4.78, 5) is 2.42. The number of nitrogens with zero attached hydrogens (tertiary/aromatic N) is 1. The van der Waals surface area contributed by atoms with E-state index in [9.17, 15) is 5.11 Å². The fraction of sp³-hybridized carbons (Fsp3) is 1.00. The number of aliphatic hydroxyl groups is 1. The normalized spacial score (nSPS) is 15.6. The third-order valence-corrected chi connectivity index (χ3v) is 2.99. The third kappa shape index (κ3) is 7.77. The van der Waals surface area contributed by atoms with E-state index in [1.165, 1.54) is 0 Å². The second-order valence-electron chi connectivity index (χ2n) is 4.41. The molecular weight excluding hydrogens is 188 g/mol. The summed E-state index contributed by atoms with van der Waals surface area (Å²) in [6.07, 6.45) is 1.96. The maximum atomic E-state index is 9.75. The molecule has 0 aliphatic carbocycles. The summed E-state index contributed by atoms with van der Waals surface area (Å²) in [5, 5.41) is 13.1. The minimum Gasteiger partial charge on any atom is -0.389 e. The molecule has 0 heterocycles. The zero-order valence-electron chi connectivity index (χ0n) is 10.8. The average Bonchev–Trinajstić information content (AvgIpc) is 2.23.